The highest BCUT2D eigenvalue weighted by Crippen LogP contribution is 2.29. The van der Waals surface area contributed by atoms with Gasteiger partial charge in [-0.2, -0.15) is 4.31 Å². The van der Waals surface area contributed by atoms with E-state index in [9.17, 15) is 18.5 Å². The number of benzene rings is 1. The van der Waals surface area contributed by atoms with Gasteiger partial charge in [0.05, 0.1) is 9.82 Å². The second kappa shape index (κ2) is 7.57. The lowest BCUT2D eigenvalue weighted by Gasteiger charge is -2.36. The Morgan fingerprint density at radius 3 is 2.61 bits per heavy atom. The van der Waals surface area contributed by atoms with Crippen LogP contribution >= 0.6 is 12.4 Å². The second-order valence-electron chi connectivity index (χ2n) is 5.74. The molecule has 23 heavy (non-hydrogen) atoms. The van der Waals surface area contributed by atoms with Gasteiger partial charge in [-0.3, -0.25) is 10.1 Å². The number of rotatable bonds is 4. The summed E-state index contributed by atoms with van der Waals surface area (Å²) < 4.78 is 27.1. The Labute approximate surface area is 142 Å². The predicted molar refractivity (Wildman–Crippen MR) is 90.3 cm³/mol. The van der Waals surface area contributed by atoms with Gasteiger partial charge in [0.15, 0.2) is 0 Å². The summed E-state index contributed by atoms with van der Waals surface area (Å²) in [5.74, 6) is 0. The molecule has 2 unspecified atom stereocenters. The van der Waals surface area contributed by atoms with Gasteiger partial charge in [-0.05, 0) is 32.8 Å². The maximum absolute atomic E-state index is 12.8. The molecule has 0 radical (unpaired) electrons. The number of halogens is 1. The molecule has 1 aliphatic heterocycles. The van der Waals surface area contributed by atoms with E-state index in [4.69, 9.17) is 5.73 Å². The highest BCUT2D eigenvalue weighted by molar-refractivity contribution is 7.89. The molecule has 0 saturated carbocycles. The monoisotopic (exact) mass is 363 g/mol. The summed E-state index contributed by atoms with van der Waals surface area (Å²) in [6.07, 6.45) is 2.42. The van der Waals surface area contributed by atoms with Gasteiger partial charge in [0.25, 0.3) is 5.69 Å². The second-order valence-corrected chi connectivity index (χ2v) is 7.63. The maximum atomic E-state index is 12.8. The average molecular weight is 364 g/mol. The summed E-state index contributed by atoms with van der Waals surface area (Å²) in [4.78, 5) is 10.4. The zero-order valence-corrected chi connectivity index (χ0v) is 14.8. The number of piperidine rings is 1. The van der Waals surface area contributed by atoms with E-state index in [1.165, 1.54) is 16.4 Å². The van der Waals surface area contributed by atoms with Crippen molar-refractivity contribution in [2.75, 3.05) is 6.54 Å². The summed E-state index contributed by atoms with van der Waals surface area (Å²) in [6.45, 7) is 3.77. The van der Waals surface area contributed by atoms with Crippen molar-refractivity contribution < 1.29 is 13.3 Å². The lowest BCUT2D eigenvalue weighted by atomic mass is 10.00. The van der Waals surface area contributed by atoms with Gasteiger partial charge in [0, 0.05) is 30.3 Å². The van der Waals surface area contributed by atoms with Gasteiger partial charge in [0.1, 0.15) is 0 Å². The Morgan fingerprint density at radius 1 is 1.39 bits per heavy atom. The van der Waals surface area contributed by atoms with Crippen molar-refractivity contribution in [3.05, 3.63) is 33.9 Å². The zero-order valence-electron chi connectivity index (χ0n) is 13.1. The maximum Gasteiger partial charge on any atom is 0.273 e. The molecule has 7 nitrogen and oxygen atoms in total. The Kier molecular flexibility index (Phi) is 6.52. The number of nitrogens with zero attached hydrogens (tertiary/aromatic N) is 2. The van der Waals surface area contributed by atoms with E-state index in [2.05, 4.69) is 0 Å². The number of nitro benzene ring substituents is 1. The fourth-order valence-electron chi connectivity index (χ4n) is 2.84. The Balaban J connectivity index is 0.00000264. The first-order chi connectivity index (χ1) is 10.2. The van der Waals surface area contributed by atoms with Crippen molar-refractivity contribution in [1.82, 2.24) is 4.31 Å². The quantitative estimate of drug-likeness (QED) is 0.652. The molecule has 1 fully saturated rings. The molecule has 0 spiro atoms. The molecule has 2 rings (SSSR count). The zero-order chi connectivity index (χ0) is 16.5. The van der Waals surface area contributed by atoms with Crippen molar-refractivity contribution in [3.8, 4) is 0 Å². The van der Waals surface area contributed by atoms with Crippen LogP contribution in [-0.4, -0.2) is 36.3 Å². The van der Waals surface area contributed by atoms with Crippen LogP contribution in [0.5, 0.6) is 0 Å². The van der Waals surface area contributed by atoms with Crippen LogP contribution in [0.2, 0.25) is 0 Å². The molecule has 0 aromatic heterocycles. The normalized spacial score (nSPS) is 20.6. The molecule has 1 aliphatic rings. The molecular weight excluding hydrogens is 342 g/mol. The molecule has 0 bridgehead atoms. The van der Waals surface area contributed by atoms with E-state index < -0.39 is 14.9 Å². The van der Waals surface area contributed by atoms with Crippen LogP contribution in [0.15, 0.2) is 23.1 Å². The molecule has 0 aliphatic carbocycles. The average Bonchev–Trinajstić information content (AvgIpc) is 2.47. The van der Waals surface area contributed by atoms with Gasteiger partial charge in [-0.1, -0.05) is 12.5 Å². The van der Waals surface area contributed by atoms with Crippen LogP contribution in [0.3, 0.4) is 0 Å². The third kappa shape index (κ3) is 4.00. The van der Waals surface area contributed by atoms with Crippen LogP contribution in [-0.2, 0) is 10.0 Å². The first-order valence-electron chi connectivity index (χ1n) is 7.27. The van der Waals surface area contributed by atoms with Crippen LogP contribution in [0, 0.1) is 17.0 Å². The number of sulfonamides is 1. The van der Waals surface area contributed by atoms with Crippen LogP contribution in [0.25, 0.3) is 0 Å². The minimum absolute atomic E-state index is 0. The Morgan fingerprint density at radius 2 is 2.04 bits per heavy atom. The highest BCUT2D eigenvalue weighted by Gasteiger charge is 2.36. The van der Waals surface area contributed by atoms with Gasteiger partial charge in [-0.25, -0.2) is 8.42 Å². The Hall–Kier alpha value is -1.22. The first kappa shape index (κ1) is 19.8. The van der Waals surface area contributed by atoms with Crippen molar-refractivity contribution >= 4 is 28.1 Å². The van der Waals surface area contributed by atoms with Gasteiger partial charge in [0.2, 0.25) is 10.0 Å². The third-order valence-corrected chi connectivity index (χ3v) is 6.01. The molecule has 1 aromatic rings. The summed E-state index contributed by atoms with van der Waals surface area (Å²) in [5.41, 5.74) is 6.17. The first-order valence-corrected chi connectivity index (χ1v) is 8.71. The van der Waals surface area contributed by atoms with Crippen LogP contribution < -0.4 is 5.73 Å². The molecule has 2 N–H and O–H groups in total. The summed E-state index contributed by atoms with van der Waals surface area (Å²) in [7, 11) is -3.78. The van der Waals surface area contributed by atoms with Crippen molar-refractivity contribution in [1.29, 1.82) is 0 Å². The topological polar surface area (TPSA) is 107 Å². The largest absolute Gasteiger partial charge is 0.326 e. The fraction of sp³-hybridized carbons (Fsp3) is 0.571. The standard InChI is InChI=1S/C14H21N3O4S.ClH/c1-10-6-7-12(9-14(10)17(18)19)22(20,21)16-8-4-3-5-13(16)11(2)15;/h6-7,9,11,13H,3-5,8,15H2,1-2H3;1H. The summed E-state index contributed by atoms with van der Waals surface area (Å²) in [6, 6.07) is 3.48. The van der Waals surface area contributed by atoms with E-state index in [-0.39, 0.29) is 35.1 Å². The van der Waals surface area contributed by atoms with E-state index >= 15 is 0 Å². The SMILES string of the molecule is Cc1ccc(S(=O)(=O)N2CCCCC2C(C)N)cc1[N+](=O)[O-].Cl. The lowest BCUT2D eigenvalue weighted by molar-refractivity contribution is -0.385. The summed E-state index contributed by atoms with van der Waals surface area (Å²) >= 11 is 0. The van der Waals surface area contributed by atoms with Crippen LogP contribution in [0.4, 0.5) is 5.69 Å². The number of hydrogen-bond acceptors (Lipinski definition) is 5. The van der Waals surface area contributed by atoms with Crippen molar-refractivity contribution in [3.63, 3.8) is 0 Å². The van der Waals surface area contributed by atoms with E-state index in [0.717, 1.165) is 18.9 Å². The molecular formula is C14H22ClN3O4S. The van der Waals surface area contributed by atoms with E-state index in [1.54, 1.807) is 13.8 Å². The number of aryl methyl sites for hydroxylation is 1. The predicted octanol–water partition coefficient (Wildman–Crippen LogP) is 2.22. The molecule has 1 saturated heterocycles. The fourth-order valence-corrected chi connectivity index (χ4v) is 4.63. The van der Waals surface area contributed by atoms with Crippen molar-refractivity contribution in [2.24, 2.45) is 5.73 Å². The smallest absolute Gasteiger partial charge is 0.273 e. The molecule has 130 valence electrons. The number of nitro groups is 1. The van der Waals surface area contributed by atoms with Gasteiger partial charge >= 0.3 is 0 Å². The lowest BCUT2D eigenvalue weighted by Crippen LogP contribution is -2.51. The Bertz CT molecular complexity index is 679. The third-order valence-electron chi connectivity index (χ3n) is 4.09. The van der Waals surface area contributed by atoms with E-state index in [0.29, 0.717) is 18.5 Å². The highest BCUT2D eigenvalue weighted by atomic mass is 35.5. The van der Waals surface area contributed by atoms with Crippen LogP contribution in [0.1, 0.15) is 31.7 Å². The van der Waals surface area contributed by atoms with E-state index in [1.807, 2.05) is 0 Å². The van der Waals surface area contributed by atoms with Crippen molar-refractivity contribution in [2.45, 2.75) is 50.1 Å². The van der Waals surface area contributed by atoms with Gasteiger partial charge in [-0.15, -0.1) is 12.4 Å². The molecule has 1 aromatic carbocycles. The molecule has 0 amide bonds. The number of nitrogens with two attached hydrogens (primary N) is 1. The number of hydrogen-bond donors (Lipinski definition) is 1. The molecule has 2 atom stereocenters. The minimum atomic E-state index is -3.78. The summed E-state index contributed by atoms with van der Waals surface area (Å²) in [5, 5.41) is 11.0. The molecule has 9 heteroatoms. The molecule has 1 heterocycles. The van der Waals surface area contributed by atoms with Gasteiger partial charge < -0.3 is 5.73 Å². The minimum Gasteiger partial charge on any atom is -0.326 e.